The minimum atomic E-state index is -0.351. The molecule has 1 aromatic rings. The monoisotopic (exact) mass is 207 g/mol. The number of benzene rings is 1. The summed E-state index contributed by atoms with van der Waals surface area (Å²) < 4.78 is 4.76. The zero-order chi connectivity index (χ0) is 11.1. The largest absolute Gasteiger partial charge is 0.468 e. The fourth-order valence-corrected chi connectivity index (χ4v) is 1.39. The van der Waals surface area contributed by atoms with Gasteiger partial charge in [-0.15, -0.1) is 0 Å². The lowest BCUT2D eigenvalue weighted by molar-refractivity contribution is -0.143. The SMILES string of the molecule is CCCNC(C(=O)OC)c1ccccc1. The van der Waals surface area contributed by atoms with E-state index in [1.807, 2.05) is 30.3 Å². The number of methoxy groups -OCH3 is 1. The Morgan fingerprint density at radius 1 is 1.40 bits per heavy atom. The summed E-state index contributed by atoms with van der Waals surface area (Å²) in [4.78, 5) is 11.5. The number of esters is 1. The van der Waals surface area contributed by atoms with Crippen molar-refractivity contribution >= 4 is 5.97 Å². The van der Waals surface area contributed by atoms with Crippen molar-refractivity contribution in [2.75, 3.05) is 13.7 Å². The first kappa shape index (κ1) is 11.7. The molecule has 0 amide bonds. The molecule has 1 rings (SSSR count). The van der Waals surface area contributed by atoms with Crippen molar-refractivity contribution in [3.05, 3.63) is 35.9 Å². The minimum Gasteiger partial charge on any atom is -0.468 e. The molecule has 0 bridgehead atoms. The third kappa shape index (κ3) is 3.36. The van der Waals surface area contributed by atoms with Crippen LogP contribution in [0.1, 0.15) is 24.9 Å². The normalized spacial score (nSPS) is 12.1. The van der Waals surface area contributed by atoms with Crippen molar-refractivity contribution in [3.8, 4) is 0 Å². The molecule has 3 heteroatoms. The molecule has 0 aliphatic heterocycles. The predicted molar refractivity (Wildman–Crippen MR) is 59.5 cm³/mol. The van der Waals surface area contributed by atoms with Gasteiger partial charge in [0.1, 0.15) is 6.04 Å². The van der Waals surface area contributed by atoms with Crippen LogP contribution in [0.5, 0.6) is 0 Å². The first-order valence-corrected chi connectivity index (χ1v) is 5.15. The Bertz CT molecular complexity index is 298. The first-order chi connectivity index (χ1) is 7.29. The van der Waals surface area contributed by atoms with Crippen LogP contribution in [-0.2, 0) is 9.53 Å². The average molecular weight is 207 g/mol. The van der Waals surface area contributed by atoms with Crippen LogP contribution in [0.4, 0.5) is 0 Å². The van der Waals surface area contributed by atoms with E-state index in [2.05, 4.69) is 12.2 Å². The van der Waals surface area contributed by atoms with Gasteiger partial charge in [0.15, 0.2) is 0 Å². The quantitative estimate of drug-likeness (QED) is 0.749. The maximum atomic E-state index is 11.5. The standard InChI is InChI=1S/C12H17NO2/c1-3-9-13-11(12(14)15-2)10-7-5-4-6-8-10/h4-8,11,13H,3,9H2,1-2H3. The molecular formula is C12H17NO2. The molecule has 0 aromatic heterocycles. The van der Waals surface area contributed by atoms with Gasteiger partial charge >= 0.3 is 5.97 Å². The minimum absolute atomic E-state index is 0.241. The maximum absolute atomic E-state index is 11.5. The van der Waals surface area contributed by atoms with Crippen LogP contribution in [-0.4, -0.2) is 19.6 Å². The van der Waals surface area contributed by atoms with Gasteiger partial charge in [0, 0.05) is 0 Å². The predicted octanol–water partition coefficient (Wildman–Crippen LogP) is 1.90. The van der Waals surface area contributed by atoms with Crippen LogP contribution in [0.2, 0.25) is 0 Å². The van der Waals surface area contributed by atoms with Crippen LogP contribution in [0, 0.1) is 0 Å². The molecule has 1 N–H and O–H groups in total. The van der Waals surface area contributed by atoms with Crippen molar-refractivity contribution in [1.29, 1.82) is 0 Å². The van der Waals surface area contributed by atoms with E-state index in [4.69, 9.17) is 4.74 Å². The smallest absolute Gasteiger partial charge is 0.327 e. The van der Waals surface area contributed by atoms with Crippen molar-refractivity contribution in [2.45, 2.75) is 19.4 Å². The highest BCUT2D eigenvalue weighted by Gasteiger charge is 2.19. The third-order valence-corrected chi connectivity index (χ3v) is 2.17. The van der Waals surface area contributed by atoms with Gasteiger partial charge < -0.3 is 10.1 Å². The number of hydrogen-bond acceptors (Lipinski definition) is 3. The number of nitrogens with one attached hydrogen (secondary N) is 1. The molecule has 0 saturated carbocycles. The highest BCUT2D eigenvalue weighted by Crippen LogP contribution is 2.13. The summed E-state index contributed by atoms with van der Waals surface area (Å²) in [6.45, 7) is 2.86. The van der Waals surface area contributed by atoms with Gasteiger partial charge in [-0.25, -0.2) is 4.79 Å². The molecule has 0 spiro atoms. The van der Waals surface area contributed by atoms with E-state index in [0.717, 1.165) is 18.5 Å². The zero-order valence-corrected chi connectivity index (χ0v) is 9.19. The lowest BCUT2D eigenvalue weighted by Crippen LogP contribution is -2.30. The van der Waals surface area contributed by atoms with E-state index < -0.39 is 0 Å². The Hall–Kier alpha value is -1.35. The van der Waals surface area contributed by atoms with Gasteiger partial charge in [-0.3, -0.25) is 0 Å². The lowest BCUT2D eigenvalue weighted by Gasteiger charge is -2.16. The van der Waals surface area contributed by atoms with E-state index >= 15 is 0 Å². The van der Waals surface area contributed by atoms with Crippen molar-refractivity contribution in [1.82, 2.24) is 5.32 Å². The van der Waals surface area contributed by atoms with E-state index in [0.29, 0.717) is 0 Å². The fourth-order valence-electron chi connectivity index (χ4n) is 1.39. The third-order valence-electron chi connectivity index (χ3n) is 2.17. The summed E-state index contributed by atoms with van der Waals surface area (Å²) >= 11 is 0. The highest BCUT2D eigenvalue weighted by molar-refractivity contribution is 5.77. The first-order valence-electron chi connectivity index (χ1n) is 5.15. The second-order valence-corrected chi connectivity index (χ2v) is 3.32. The van der Waals surface area contributed by atoms with Gasteiger partial charge in [0.25, 0.3) is 0 Å². The number of hydrogen-bond donors (Lipinski definition) is 1. The Kier molecular flexibility index (Phi) is 4.84. The van der Waals surface area contributed by atoms with Crippen LogP contribution < -0.4 is 5.32 Å². The summed E-state index contributed by atoms with van der Waals surface area (Å²) in [7, 11) is 1.41. The molecule has 0 aliphatic rings. The van der Waals surface area contributed by atoms with Crippen LogP contribution in [0.25, 0.3) is 0 Å². The Morgan fingerprint density at radius 3 is 2.60 bits per heavy atom. The molecule has 1 unspecified atom stereocenters. The van der Waals surface area contributed by atoms with Crippen molar-refractivity contribution in [2.24, 2.45) is 0 Å². The lowest BCUT2D eigenvalue weighted by atomic mass is 10.1. The summed E-state index contributed by atoms with van der Waals surface area (Å²) in [5, 5.41) is 3.16. The number of carbonyl (C=O) groups is 1. The van der Waals surface area contributed by atoms with E-state index in [-0.39, 0.29) is 12.0 Å². The van der Waals surface area contributed by atoms with Crippen molar-refractivity contribution < 1.29 is 9.53 Å². The molecular weight excluding hydrogens is 190 g/mol. The number of rotatable bonds is 5. The molecule has 0 saturated heterocycles. The van der Waals surface area contributed by atoms with Crippen LogP contribution in [0.3, 0.4) is 0 Å². The molecule has 1 aromatic carbocycles. The van der Waals surface area contributed by atoms with Gasteiger partial charge in [-0.2, -0.15) is 0 Å². The summed E-state index contributed by atoms with van der Waals surface area (Å²) in [6.07, 6.45) is 0.986. The van der Waals surface area contributed by atoms with E-state index in [1.54, 1.807) is 0 Å². The van der Waals surface area contributed by atoms with Crippen LogP contribution >= 0.6 is 0 Å². The van der Waals surface area contributed by atoms with E-state index in [9.17, 15) is 4.79 Å². The Morgan fingerprint density at radius 2 is 2.07 bits per heavy atom. The molecule has 0 radical (unpaired) electrons. The summed E-state index contributed by atoms with van der Waals surface area (Å²) in [5.74, 6) is -0.241. The highest BCUT2D eigenvalue weighted by atomic mass is 16.5. The van der Waals surface area contributed by atoms with Gasteiger partial charge in [-0.1, -0.05) is 37.3 Å². The zero-order valence-electron chi connectivity index (χ0n) is 9.19. The van der Waals surface area contributed by atoms with Gasteiger partial charge in [-0.05, 0) is 18.5 Å². The van der Waals surface area contributed by atoms with Gasteiger partial charge in [0.2, 0.25) is 0 Å². The molecule has 15 heavy (non-hydrogen) atoms. The second kappa shape index (κ2) is 6.19. The second-order valence-electron chi connectivity index (χ2n) is 3.32. The number of carbonyl (C=O) groups excluding carboxylic acids is 1. The topological polar surface area (TPSA) is 38.3 Å². The Balaban J connectivity index is 2.76. The fraction of sp³-hybridized carbons (Fsp3) is 0.417. The maximum Gasteiger partial charge on any atom is 0.327 e. The molecule has 3 nitrogen and oxygen atoms in total. The summed E-state index contributed by atoms with van der Waals surface area (Å²) in [6, 6.07) is 9.25. The van der Waals surface area contributed by atoms with E-state index in [1.165, 1.54) is 7.11 Å². The molecule has 0 fully saturated rings. The molecule has 0 heterocycles. The molecule has 82 valence electrons. The van der Waals surface area contributed by atoms with Crippen LogP contribution in [0.15, 0.2) is 30.3 Å². The average Bonchev–Trinajstić information content (AvgIpc) is 2.30. The number of ether oxygens (including phenoxy) is 1. The molecule has 0 aliphatic carbocycles. The van der Waals surface area contributed by atoms with Gasteiger partial charge in [0.05, 0.1) is 7.11 Å². The summed E-state index contributed by atoms with van der Waals surface area (Å²) in [5.41, 5.74) is 0.942. The van der Waals surface area contributed by atoms with Crippen molar-refractivity contribution in [3.63, 3.8) is 0 Å². The Labute approximate surface area is 90.4 Å². The molecule has 1 atom stereocenters.